The van der Waals surface area contributed by atoms with Crippen LogP contribution in [0.25, 0.3) is 21.7 Å². The molecule has 25 heavy (non-hydrogen) atoms. The summed E-state index contributed by atoms with van der Waals surface area (Å²) < 4.78 is 6.32. The summed E-state index contributed by atoms with van der Waals surface area (Å²) in [5, 5.41) is 6.92. The van der Waals surface area contributed by atoms with Crippen LogP contribution in [0.15, 0.2) is 51.0 Å². The van der Waals surface area contributed by atoms with Gasteiger partial charge in [-0.3, -0.25) is 4.79 Å². The summed E-state index contributed by atoms with van der Waals surface area (Å²) in [5.74, 6) is -0.583. The number of carbonyl (C=O) groups is 1. The molecule has 0 saturated carbocycles. The maximum Gasteiger partial charge on any atom is 0.438 e. The van der Waals surface area contributed by atoms with Gasteiger partial charge in [0, 0.05) is 22.2 Å². The number of hydrogen-bond acceptors (Lipinski definition) is 5. The number of carbonyl (C=O) groups excluding carboxylic acids is 1. The number of fused-ring (bicyclic) bond motifs is 1. The molecule has 0 fully saturated rings. The Hall–Kier alpha value is -2.93. The minimum absolute atomic E-state index is 0.178. The van der Waals surface area contributed by atoms with Gasteiger partial charge in [-0.05, 0) is 31.4 Å². The average molecular weight is 353 g/mol. The van der Waals surface area contributed by atoms with Gasteiger partial charge in [-0.2, -0.15) is 4.68 Å². The van der Waals surface area contributed by atoms with E-state index in [0.717, 1.165) is 26.2 Å². The molecule has 0 saturated heterocycles. The first-order valence-corrected chi connectivity index (χ1v) is 8.69. The molecule has 1 N–H and O–H groups in total. The van der Waals surface area contributed by atoms with Crippen molar-refractivity contribution in [2.75, 3.05) is 0 Å². The minimum Gasteiger partial charge on any atom is -0.387 e. The van der Waals surface area contributed by atoms with E-state index in [0.29, 0.717) is 5.56 Å². The molecule has 4 aromatic rings. The highest BCUT2D eigenvalue weighted by molar-refractivity contribution is 7.13. The summed E-state index contributed by atoms with van der Waals surface area (Å²) >= 11 is 1.42. The molecule has 7 heteroatoms. The van der Waals surface area contributed by atoms with E-state index in [4.69, 9.17) is 4.42 Å². The van der Waals surface area contributed by atoms with E-state index >= 15 is 0 Å². The van der Waals surface area contributed by atoms with Crippen molar-refractivity contribution in [2.24, 2.45) is 0 Å². The molecule has 1 aromatic carbocycles. The maximum atomic E-state index is 13.0. The van der Waals surface area contributed by atoms with Crippen LogP contribution in [0.1, 0.15) is 29.0 Å². The van der Waals surface area contributed by atoms with Gasteiger partial charge in [0.05, 0.1) is 4.88 Å². The van der Waals surface area contributed by atoms with E-state index in [1.807, 2.05) is 48.7 Å². The second-order valence-corrected chi connectivity index (χ2v) is 6.75. The summed E-state index contributed by atoms with van der Waals surface area (Å²) in [6.45, 7) is 3.51. The van der Waals surface area contributed by atoms with Gasteiger partial charge < -0.3 is 9.40 Å². The normalized spacial score (nSPS) is 12.6. The molecule has 3 heterocycles. The molecule has 126 valence electrons. The Labute approximate surface area is 146 Å². The van der Waals surface area contributed by atoms with Crippen LogP contribution >= 0.6 is 11.3 Å². The molecule has 0 bridgehead atoms. The Morgan fingerprint density at radius 1 is 1.28 bits per heavy atom. The fourth-order valence-electron chi connectivity index (χ4n) is 2.95. The predicted molar refractivity (Wildman–Crippen MR) is 96.2 cm³/mol. The van der Waals surface area contributed by atoms with Crippen LogP contribution in [0, 0.1) is 6.92 Å². The van der Waals surface area contributed by atoms with Crippen molar-refractivity contribution in [3.8, 4) is 10.8 Å². The number of ketones is 1. The maximum absolute atomic E-state index is 13.0. The van der Waals surface area contributed by atoms with Gasteiger partial charge in [-0.15, -0.1) is 16.4 Å². The topological polar surface area (TPSA) is 80.9 Å². The van der Waals surface area contributed by atoms with Gasteiger partial charge in [-0.25, -0.2) is 4.79 Å². The minimum atomic E-state index is -0.761. The highest BCUT2D eigenvalue weighted by Gasteiger charge is 2.26. The first-order valence-electron chi connectivity index (χ1n) is 7.81. The van der Waals surface area contributed by atoms with E-state index in [9.17, 15) is 9.59 Å². The van der Waals surface area contributed by atoms with Gasteiger partial charge in [0.1, 0.15) is 6.04 Å². The zero-order valence-corrected chi connectivity index (χ0v) is 14.5. The largest absolute Gasteiger partial charge is 0.438 e. The number of aromatic amines is 1. The molecule has 0 spiro atoms. The summed E-state index contributed by atoms with van der Waals surface area (Å²) in [7, 11) is 0. The first kappa shape index (κ1) is 15.6. The zero-order chi connectivity index (χ0) is 17.6. The molecule has 0 aliphatic heterocycles. The molecule has 4 rings (SSSR count). The number of nitrogens with one attached hydrogen (secondary N) is 1. The number of para-hydroxylation sites is 1. The Kier molecular flexibility index (Phi) is 3.65. The number of rotatable bonds is 4. The van der Waals surface area contributed by atoms with Gasteiger partial charge in [-0.1, -0.05) is 24.3 Å². The van der Waals surface area contributed by atoms with E-state index in [1.54, 1.807) is 6.92 Å². The Bertz CT molecular complexity index is 1120. The third kappa shape index (κ3) is 2.53. The molecule has 6 nitrogen and oxygen atoms in total. The van der Waals surface area contributed by atoms with Gasteiger partial charge >= 0.3 is 5.76 Å². The number of aromatic nitrogens is 3. The molecule has 0 aliphatic carbocycles. The first-order chi connectivity index (χ1) is 12.1. The quantitative estimate of drug-likeness (QED) is 0.566. The standard InChI is InChI=1S/C18H15N3O3S/c1-10-15(12-6-3-4-7-13(12)19-10)16(22)11(2)21-18(23)24-17(20-21)14-8-5-9-25-14/h3-9,11,19H,1-2H3/t11-/m0/s1. The van der Waals surface area contributed by atoms with E-state index in [1.165, 1.54) is 11.3 Å². The predicted octanol–water partition coefficient (Wildman–Crippen LogP) is 3.80. The molecule has 1 atom stereocenters. The van der Waals surface area contributed by atoms with Crippen molar-refractivity contribution >= 4 is 28.0 Å². The number of benzene rings is 1. The Morgan fingerprint density at radius 3 is 2.84 bits per heavy atom. The second-order valence-electron chi connectivity index (χ2n) is 5.81. The van der Waals surface area contributed by atoms with Crippen molar-refractivity contribution in [3.05, 3.63) is 63.6 Å². The van der Waals surface area contributed by atoms with Crippen LogP contribution in [-0.4, -0.2) is 20.5 Å². The zero-order valence-electron chi connectivity index (χ0n) is 13.6. The van der Waals surface area contributed by atoms with E-state index in [2.05, 4.69) is 10.1 Å². The highest BCUT2D eigenvalue weighted by Crippen LogP contribution is 2.26. The average Bonchev–Trinajstić information content (AvgIpc) is 3.31. The SMILES string of the molecule is Cc1[nH]c2ccccc2c1C(=O)[C@H](C)n1nc(-c2cccs2)oc1=O. The summed E-state index contributed by atoms with van der Waals surface area (Å²) in [6, 6.07) is 10.5. The van der Waals surface area contributed by atoms with Crippen molar-refractivity contribution in [1.29, 1.82) is 0 Å². The number of aryl methyl sites for hydroxylation is 1. The van der Waals surface area contributed by atoms with Crippen molar-refractivity contribution < 1.29 is 9.21 Å². The summed E-state index contributed by atoms with van der Waals surface area (Å²) in [6.07, 6.45) is 0. The fourth-order valence-corrected chi connectivity index (χ4v) is 3.59. The molecular weight excluding hydrogens is 338 g/mol. The molecule has 0 aliphatic rings. The third-order valence-electron chi connectivity index (χ3n) is 4.19. The van der Waals surface area contributed by atoms with E-state index in [-0.39, 0.29) is 11.7 Å². The lowest BCUT2D eigenvalue weighted by molar-refractivity contribution is 0.0925. The van der Waals surface area contributed by atoms with Crippen molar-refractivity contribution in [2.45, 2.75) is 19.9 Å². The smallest absolute Gasteiger partial charge is 0.387 e. The third-order valence-corrected chi connectivity index (χ3v) is 5.05. The lowest BCUT2D eigenvalue weighted by atomic mass is 10.0. The number of Topliss-reactive ketones (excluding diaryl/α,β-unsaturated/α-hetero) is 1. The molecule has 3 aromatic heterocycles. The van der Waals surface area contributed by atoms with Crippen LogP contribution in [0.4, 0.5) is 0 Å². The van der Waals surface area contributed by atoms with Crippen molar-refractivity contribution in [3.63, 3.8) is 0 Å². The van der Waals surface area contributed by atoms with E-state index < -0.39 is 11.8 Å². The second kappa shape index (κ2) is 5.86. The number of thiophene rings is 1. The van der Waals surface area contributed by atoms with Crippen LogP contribution in [0.2, 0.25) is 0 Å². The number of hydrogen-bond donors (Lipinski definition) is 1. The molecular formula is C18H15N3O3S. The number of nitrogens with zero attached hydrogens (tertiary/aromatic N) is 2. The lowest BCUT2D eigenvalue weighted by Gasteiger charge is -2.09. The fraction of sp³-hybridized carbons (Fsp3) is 0.167. The summed E-state index contributed by atoms with van der Waals surface area (Å²) in [4.78, 5) is 29.2. The lowest BCUT2D eigenvalue weighted by Crippen LogP contribution is -2.26. The van der Waals surface area contributed by atoms with Crippen LogP contribution in [0.3, 0.4) is 0 Å². The summed E-state index contributed by atoms with van der Waals surface area (Å²) in [5.41, 5.74) is 2.24. The molecule has 0 unspecified atom stereocenters. The monoisotopic (exact) mass is 353 g/mol. The van der Waals surface area contributed by atoms with Gasteiger partial charge in [0.25, 0.3) is 5.89 Å². The number of H-pyrrole nitrogens is 1. The Morgan fingerprint density at radius 2 is 2.08 bits per heavy atom. The Balaban J connectivity index is 1.76. The molecule has 0 amide bonds. The van der Waals surface area contributed by atoms with Crippen LogP contribution < -0.4 is 5.76 Å². The van der Waals surface area contributed by atoms with Crippen LogP contribution in [-0.2, 0) is 0 Å². The van der Waals surface area contributed by atoms with Crippen molar-refractivity contribution in [1.82, 2.24) is 14.8 Å². The van der Waals surface area contributed by atoms with Gasteiger partial charge in [0.2, 0.25) is 0 Å². The highest BCUT2D eigenvalue weighted by atomic mass is 32.1. The molecule has 0 radical (unpaired) electrons. The van der Waals surface area contributed by atoms with Gasteiger partial charge in [0.15, 0.2) is 5.78 Å². The van der Waals surface area contributed by atoms with Crippen LogP contribution in [0.5, 0.6) is 0 Å².